The molecule has 0 fully saturated rings. The number of rotatable bonds is 14. The van der Waals surface area contributed by atoms with Gasteiger partial charge in [0, 0.05) is 6.04 Å². The molecule has 0 bridgehead atoms. The highest BCUT2D eigenvalue weighted by molar-refractivity contribution is 7.79. The Bertz CT molecular complexity index is 769. The van der Waals surface area contributed by atoms with E-state index in [1.54, 1.807) is 20.1 Å². The first-order valence-corrected chi connectivity index (χ1v) is 11.0. The van der Waals surface area contributed by atoms with Crippen molar-refractivity contribution in [3.05, 3.63) is 0 Å². The highest BCUT2D eigenvalue weighted by Crippen LogP contribution is 2.00. The summed E-state index contributed by atoms with van der Waals surface area (Å²) in [5, 5.41) is 38.4. The Hall–Kier alpha value is -2.89. The van der Waals surface area contributed by atoms with Gasteiger partial charge in [-0.3, -0.25) is 24.0 Å². The van der Waals surface area contributed by atoms with E-state index in [1.807, 2.05) is 0 Å². The molecule has 35 heavy (non-hydrogen) atoms. The second kappa shape index (κ2) is 16.7. The van der Waals surface area contributed by atoms with Crippen LogP contribution in [0.5, 0.6) is 0 Å². The standard InChI is InChI=1S/C17H29BN6O9.CH4S/c1-7(2)20-5-12(27)22-10(6-25)14(29)21-8(3)13(28)23-9(4-11(19)26)15(30)24-17(18,33)16(31)32;1-2/h7-10,20,25,33H,4-6H2,1-3H3,(H2,19,26)(H,21,29)(H,22,27)(H,23,28)(H,24,30)(H,31,32);2H,1H3/t8-,9-,10?,17?;/m0./s1. The lowest BCUT2D eigenvalue weighted by Gasteiger charge is -2.26. The van der Waals surface area contributed by atoms with E-state index in [0.29, 0.717) is 0 Å². The van der Waals surface area contributed by atoms with Gasteiger partial charge in [0.25, 0.3) is 0 Å². The van der Waals surface area contributed by atoms with Crippen LogP contribution in [0.2, 0.25) is 0 Å². The Balaban J connectivity index is 0. The van der Waals surface area contributed by atoms with Gasteiger partial charge in [-0.1, -0.05) is 13.8 Å². The Morgan fingerprint density at radius 3 is 1.91 bits per heavy atom. The van der Waals surface area contributed by atoms with Crippen LogP contribution >= 0.6 is 12.6 Å². The third-order valence-corrected chi connectivity index (χ3v) is 3.94. The lowest BCUT2D eigenvalue weighted by atomic mass is 9.90. The maximum absolute atomic E-state index is 12.4. The van der Waals surface area contributed by atoms with Crippen LogP contribution in [0.1, 0.15) is 27.2 Å². The van der Waals surface area contributed by atoms with Crippen LogP contribution in [-0.2, 0) is 28.8 Å². The molecule has 0 aromatic heterocycles. The number of carboxylic acid groups (broad SMARTS) is 1. The molecule has 0 aliphatic rings. The largest absolute Gasteiger partial charge is 0.478 e. The number of carbonyl (C=O) groups excluding carboxylic acids is 5. The van der Waals surface area contributed by atoms with Crippen LogP contribution in [0.3, 0.4) is 0 Å². The smallest absolute Gasteiger partial charge is 0.345 e. The normalized spacial score (nSPS) is 14.6. The molecule has 10 N–H and O–H groups in total. The second-order valence-electron chi connectivity index (χ2n) is 7.36. The first-order valence-electron chi connectivity index (χ1n) is 10.1. The minimum atomic E-state index is -3.19. The van der Waals surface area contributed by atoms with Crippen LogP contribution in [0, 0.1) is 0 Å². The number of hydrogen-bond acceptors (Lipinski definition) is 10. The van der Waals surface area contributed by atoms with Gasteiger partial charge in [-0.2, -0.15) is 12.6 Å². The predicted molar refractivity (Wildman–Crippen MR) is 127 cm³/mol. The summed E-state index contributed by atoms with van der Waals surface area (Å²) in [6, 6.07) is -4.46. The van der Waals surface area contributed by atoms with Crippen molar-refractivity contribution in [2.45, 2.75) is 57.0 Å². The van der Waals surface area contributed by atoms with Crippen molar-refractivity contribution >= 4 is 56.0 Å². The molecule has 0 rings (SSSR count). The summed E-state index contributed by atoms with van der Waals surface area (Å²) in [6.45, 7) is 3.89. The van der Waals surface area contributed by atoms with Crippen LogP contribution in [0.4, 0.5) is 0 Å². The monoisotopic (exact) mass is 520 g/mol. The van der Waals surface area contributed by atoms with E-state index in [1.165, 1.54) is 12.2 Å². The van der Waals surface area contributed by atoms with Gasteiger partial charge in [-0.05, 0) is 13.2 Å². The van der Waals surface area contributed by atoms with E-state index in [4.69, 9.17) is 18.7 Å². The maximum atomic E-state index is 12.4. The van der Waals surface area contributed by atoms with E-state index in [2.05, 4.69) is 33.9 Å². The lowest BCUT2D eigenvalue weighted by Crippen LogP contribution is -2.62. The Labute approximate surface area is 209 Å². The maximum Gasteiger partial charge on any atom is 0.345 e. The molecule has 0 aromatic carbocycles. The molecule has 0 heterocycles. The minimum Gasteiger partial charge on any atom is -0.478 e. The SMILES string of the molecule is CS.[B]C(O)(NC(=O)[C@H](CC(N)=O)NC(=O)[C@H](C)NC(=O)C(CO)NC(=O)CNC(C)C)C(=O)O. The number of aliphatic hydroxyl groups excluding tert-OH is 1. The van der Waals surface area contributed by atoms with Gasteiger partial charge in [0.1, 0.15) is 18.1 Å². The van der Waals surface area contributed by atoms with E-state index in [0.717, 1.165) is 0 Å². The molecule has 0 spiro atoms. The lowest BCUT2D eigenvalue weighted by molar-refractivity contribution is -0.156. The zero-order chi connectivity index (χ0) is 27.9. The Kier molecular flexibility index (Phi) is 16.4. The van der Waals surface area contributed by atoms with Gasteiger partial charge < -0.3 is 47.6 Å². The minimum absolute atomic E-state index is 0.00261. The molecule has 2 radical (unpaired) electrons. The summed E-state index contributed by atoms with van der Waals surface area (Å²) in [4.78, 5) is 70.6. The van der Waals surface area contributed by atoms with E-state index >= 15 is 0 Å². The summed E-state index contributed by atoms with van der Waals surface area (Å²) in [7, 11) is 4.99. The number of nitrogens with one attached hydrogen (secondary N) is 5. The van der Waals surface area contributed by atoms with Crippen molar-refractivity contribution in [1.82, 2.24) is 26.6 Å². The average Bonchev–Trinajstić information content (AvgIpc) is 2.75. The number of amides is 5. The molecule has 0 aromatic rings. The number of primary amides is 1. The first-order chi connectivity index (χ1) is 16.1. The first kappa shape index (κ1) is 34.3. The van der Waals surface area contributed by atoms with Crippen LogP contribution in [0.15, 0.2) is 0 Å². The van der Waals surface area contributed by atoms with Crippen molar-refractivity contribution in [2.75, 3.05) is 19.4 Å². The highest BCUT2D eigenvalue weighted by Gasteiger charge is 2.35. The molecule has 0 saturated carbocycles. The summed E-state index contributed by atoms with van der Waals surface area (Å²) >= 11 is 3.53. The molecule has 17 heteroatoms. The molecule has 0 saturated heterocycles. The van der Waals surface area contributed by atoms with Crippen molar-refractivity contribution in [1.29, 1.82) is 0 Å². The van der Waals surface area contributed by atoms with Gasteiger partial charge in [0.2, 0.25) is 29.5 Å². The fourth-order valence-corrected chi connectivity index (χ4v) is 2.15. The number of carbonyl (C=O) groups is 6. The average molecular weight is 520 g/mol. The van der Waals surface area contributed by atoms with E-state index < -0.39 is 72.3 Å². The zero-order valence-corrected chi connectivity index (χ0v) is 20.7. The molecule has 0 aliphatic heterocycles. The topological polar surface area (TPSA) is 249 Å². The zero-order valence-electron chi connectivity index (χ0n) is 19.8. The van der Waals surface area contributed by atoms with Crippen LogP contribution in [-0.4, -0.2) is 108 Å². The number of aliphatic hydroxyl groups is 2. The molecule has 0 aliphatic carbocycles. The van der Waals surface area contributed by atoms with E-state index in [9.17, 15) is 39.0 Å². The fourth-order valence-electron chi connectivity index (χ4n) is 2.15. The van der Waals surface area contributed by atoms with E-state index in [-0.39, 0.29) is 12.6 Å². The van der Waals surface area contributed by atoms with Gasteiger partial charge >= 0.3 is 5.97 Å². The molecular weight excluding hydrogens is 487 g/mol. The molecule has 5 amide bonds. The second-order valence-corrected chi connectivity index (χ2v) is 7.36. The summed E-state index contributed by atoms with van der Waals surface area (Å²) in [6.07, 6.45) is 0.909. The predicted octanol–water partition coefficient (Wildman–Crippen LogP) is -5.11. The van der Waals surface area contributed by atoms with Gasteiger partial charge in [-0.15, -0.1) is 0 Å². The fraction of sp³-hybridized carbons (Fsp3) is 0.667. The van der Waals surface area contributed by atoms with Crippen molar-refractivity contribution in [3.8, 4) is 0 Å². The van der Waals surface area contributed by atoms with Crippen molar-refractivity contribution < 1.29 is 44.1 Å². The number of hydrogen-bond donors (Lipinski definition) is 10. The number of thiol groups is 1. The third-order valence-electron chi connectivity index (χ3n) is 3.94. The molecule has 4 atom stereocenters. The summed E-state index contributed by atoms with van der Waals surface area (Å²) in [5.74, 6) is -6.92. The Morgan fingerprint density at radius 1 is 0.943 bits per heavy atom. The third kappa shape index (κ3) is 14.2. The molecule has 15 nitrogen and oxygen atoms in total. The quantitative estimate of drug-likeness (QED) is 0.0592. The summed E-state index contributed by atoms with van der Waals surface area (Å²) in [5.41, 5.74) is 1.83. The van der Waals surface area contributed by atoms with Crippen LogP contribution in [0.25, 0.3) is 0 Å². The van der Waals surface area contributed by atoms with Crippen molar-refractivity contribution in [3.63, 3.8) is 0 Å². The summed E-state index contributed by atoms with van der Waals surface area (Å²) < 4.78 is 0. The highest BCUT2D eigenvalue weighted by atomic mass is 32.1. The van der Waals surface area contributed by atoms with Gasteiger partial charge in [0.15, 0.2) is 13.5 Å². The van der Waals surface area contributed by atoms with Crippen molar-refractivity contribution in [2.24, 2.45) is 5.73 Å². The van der Waals surface area contributed by atoms with Gasteiger partial charge in [-0.25, -0.2) is 4.79 Å². The molecule has 198 valence electrons. The van der Waals surface area contributed by atoms with Gasteiger partial charge in [0.05, 0.1) is 19.6 Å². The molecular formula is C18H33BN6O9S. The van der Waals surface area contributed by atoms with Crippen LogP contribution < -0.4 is 32.3 Å². The number of carboxylic acids is 1. The number of nitrogens with two attached hydrogens (primary N) is 1. The number of aliphatic carboxylic acids is 1. The Morgan fingerprint density at radius 2 is 1.49 bits per heavy atom. The molecule has 2 unspecified atom stereocenters.